The summed E-state index contributed by atoms with van der Waals surface area (Å²) in [7, 11) is -2.36. The van der Waals surface area contributed by atoms with Gasteiger partial charge in [0.05, 0.1) is 5.88 Å². The Balaban J connectivity index is 2.18. The van der Waals surface area contributed by atoms with E-state index in [1.54, 1.807) is 12.1 Å². The van der Waals surface area contributed by atoms with Crippen LogP contribution in [0, 0.1) is 4.91 Å². The van der Waals surface area contributed by atoms with Gasteiger partial charge in [-0.25, -0.2) is 8.42 Å². The summed E-state index contributed by atoms with van der Waals surface area (Å²) in [6.45, 7) is 1.33. The molecule has 0 aliphatic carbocycles. The van der Waals surface area contributed by atoms with Crippen LogP contribution in [0.1, 0.15) is 11.1 Å². The van der Waals surface area contributed by atoms with Crippen molar-refractivity contribution >= 4 is 16.4 Å². The van der Waals surface area contributed by atoms with Crippen molar-refractivity contribution in [1.29, 1.82) is 0 Å². The van der Waals surface area contributed by atoms with Gasteiger partial charge in [-0.3, -0.25) is 4.90 Å². The summed E-state index contributed by atoms with van der Waals surface area (Å²) < 4.78 is 21.2. The number of thiol groups is 1. The van der Waals surface area contributed by atoms with E-state index in [-0.39, 0.29) is 5.88 Å². The van der Waals surface area contributed by atoms with Gasteiger partial charge in [0.15, 0.2) is 10.7 Å². The second-order valence-electron chi connectivity index (χ2n) is 3.82. The fourth-order valence-corrected chi connectivity index (χ4v) is 2.51. The number of nitroso groups, excluding NO2 is 1. The standard InChI is InChI=1S/C10H12N2O3S/c13-11-10-2-1-9-6-12(7-16(14)15)4-3-8(9)5-10/h1-2,5,16H,3-4,6-7H2. The van der Waals surface area contributed by atoms with Gasteiger partial charge < -0.3 is 0 Å². The van der Waals surface area contributed by atoms with Gasteiger partial charge in [0, 0.05) is 13.1 Å². The Hall–Kier alpha value is -1.27. The van der Waals surface area contributed by atoms with Crippen LogP contribution in [0.15, 0.2) is 23.4 Å². The van der Waals surface area contributed by atoms with Crippen molar-refractivity contribution in [2.24, 2.45) is 5.18 Å². The third-order valence-corrected chi connectivity index (χ3v) is 3.33. The monoisotopic (exact) mass is 240 g/mol. The van der Waals surface area contributed by atoms with Gasteiger partial charge in [-0.15, -0.1) is 4.91 Å². The van der Waals surface area contributed by atoms with Crippen molar-refractivity contribution < 1.29 is 8.42 Å². The van der Waals surface area contributed by atoms with Crippen LogP contribution in [0.4, 0.5) is 5.69 Å². The third-order valence-electron chi connectivity index (χ3n) is 2.70. The highest BCUT2D eigenvalue weighted by Crippen LogP contribution is 2.23. The molecule has 1 aromatic rings. The van der Waals surface area contributed by atoms with Crippen molar-refractivity contribution in [3.63, 3.8) is 0 Å². The molecular formula is C10H12N2O3S. The number of hydrogen-bond acceptors (Lipinski definition) is 5. The predicted octanol–water partition coefficient (Wildman–Crippen LogP) is 1.01. The van der Waals surface area contributed by atoms with Crippen LogP contribution in [0.25, 0.3) is 0 Å². The lowest BCUT2D eigenvalue weighted by molar-refractivity contribution is 0.295. The molecule has 0 bridgehead atoms. The van der Waals surface area contributed by atoms with Gasteiger partial charge in [0.25, 0.3) is 0 Å². The molecule has 6 heteroatoms. The summed E-state index contributed by atoms with van der Waals surface area (Å²) in [5.74, 6) is 0.0997. The lowest BCUT2D eigenvalue weighted by atomic mass is 10.00. The Morgan fingerprint density at radius 2 is 2.12 bits per heavy atom. The fourth-order valence-electron chi connectivity index (χ4n) is 1.94. The molecule has 5 nitrogen and oxygen atoms in total. The van der Waals surface area contributed by atoms with Crippen LogP contribution in [0.2, 0.25) is 0 Å². The van der Waals surface area contributed by atoms with E-state index < -0.39 is 10.7 Å². The second-order valence-corrected chi connectivity index (χ2v) is 4.77. The molecule has 86 valence electrons. The van der Waals surface area contributed by atoms with E-state index in [0.717, 1.165) is 17.5 Å². The molecule has 0 N–H and O–H groups in total. The largest absolute Gasteiger partial charge is 0.285 e. The molecule has 0 radical (unpaired) electrons. The average Bonchev–Trinajstić information content (AvgIpc) is 2.27. The zero-order chi connectivity index (χ0) is 11.5. The number of nitrogens with zero attached hydrogens (tertiary/aromatic N) is 2. The first-order valence-electron chi connectivity index (χ1n) is 4.98. The molecule has 0 aromatic heterocycles. The first-order chi connectivity index (χ1) is 7.69. The topological polar surface area (TPSA) is 66.8 Å². The first-order valence-corrected chi connectivity index (χ1v) is 6.34. The van der Waals surface area contributed by atoms with Gasteiger partial charge >= 0.3 is 0 Å². The molecule has 0 spiro atoms. The Bertz CT molecular complexity index is 477. The summed E-state index contributed by atoms with van der Waals surface area (Å²) in [6.07, 6.45) is 0.766. The van der Waals surface area contributed by atoms with E-state index in [1.807, 2.05) is 11.0 Å². The maximum Gasteiger partial charge on any atom is 0.153 e. The summed E-state index contributed by atoms with van der Waals surface area (Å²) >= 11 is 0. The fraction of sp³-hybridized carbons (Fsp3) is 0.400. The summed E-state index contributed by atoms with van der Waals surface area (Å²) in [5, 5.41) is 2.89. The van der Waals surface area contributed by atoms with Crippen LogP contribution in [-0.2, 0) is 23.7 Å². The molecule has 0 saturated heterocycles. The summed E-state index contributed by atoms with van der Waals surface area (Å²) in [5.41, 5.74) is 2.60. The van der Waals surface area contributed by atoms with E-state index in [4.69, 9.17) is 0 Å². The number of benzene rings is 1. The highest BCUT2D eigenvalue weighted by atomic mass is 32.2. The van der Waals surface area contributed by atoms with Gasteiger partial charge in [-0.2, -0.15) is 0 Å². The molecule has 0 fully saturated rings. The average molecular weight is 240 g/mol. The Labute approximate surface area is 95.0 Å². The number of hydrogen-bond donors (Lipinski definition) is 1. The van der Waals surface area contributed by atoms with E-state index in [1.165, 1.54) is 0 Å². The highest BCUT2D eigenvalue weighted by molar-refractivity contribution is 7.72. The molecule has 1 heterocycles. The van der Waals surface area contributed by atoms with Crippen LogP contribution in [-0.4, -0.2) is 25.7 Å². The minimum absolute atomic E-state index is 0.0997. The molecule has 0 amide bonds. The molecule has 16 heavy (non-hydrogen) atoms. The molecule has 0 atom stereocenters. The van der Waals surface area contributed by atoms with Gasteiger partial charge in [0.1, 0.15) is 5.69 Å². The quantitative estimate of drug-likeness (QED) is 0.632. The summed E-state index contributed by atoms with van der Waals surface area (Å²) in [4.78, 5) is 12.2. The van der Waals surface area contributed by atoms with E-state index in [0.29, 0.717) is 18.8 Å². The third kappa shape index (κ3) is 2.45. The minimum Gasteiger partial charge on any atom is -0.285 e. The molecule has 1 aromatic carbocycles. The maximum absolute atomic E-state index is 10.6. The molecule has 2 rings (SSSR count). The van der Waals surface area contributed by atoms with E-state index in [9.17, 15) is 13.3 Å². The molecule has 1 aliphatic heterocycles. The second kappa shape index (κ2) is 4.71. The van der Waals surface area contributed by atoms with E-state index in [2.05, 4.69) is 5.18 Å². The molecule has 0 saturated carbocycles. The van der Waals surface area contributed by atoms with Crippen molar-refractivity contribution in [3.8, 4) is 0 Å². The lowest BCUT2D eigenvalue weighted by Gasteiger charge is -2.26. The zero-order valence-corrected chi connectivity index (χ0v) is 9.52. The van der Waals surface area contributed by atoms with Crippen LogP contribution < -0.4 is 0 Å². The Morgan fingerprint density at radius 1 is 1.31 bits per heavy atom. The van der Waals surface area contributed by atoms with Crippen LogP contribution in [0.3, 0.4) is 0 Å². The maximum atomic E-state index is 10.6. The minimum atomic E-state index is -2.36. The normalized spacial score (nSPS) is 16.1. The Kier molecular flexibility index (Phi) is 3.31. The van der Waals surface area contributed by atoms with Gasteiger partial charge in [-0.1, -0.05) is 6.07 Å². The highest BCUT2D eigenvalue weighted by Gasteiger charge is 2.16. The van der Waals surface area contributed by atoms with Crippen LogP contribution >= 0.6 is 0 Å². The summed E-state index contributed by atoms with van der Waals surface area (Å²) in [6, 6.07) is 5.28. The van der Waals surface area contributed by atoms with Crippen LogP contribution in [0.5, 0.6) is 0 Å². The predicted molar refractivity (Wildman–Crippen MR) is 61.2 cm³/mol. The van der Waals surface area contributed by atoms with E-state index >= 15 is 0 Å². The zero-order valence-electron chi connectivity index (χ0n) is 8.63. The Morgan fingerprint density at radius 3 is 2.81 bits per heavy atom. The molecular weight excluding hydrogens is 228 g/mol. The van der Waals surface area contributed by atoms with Crippen molar-refractivity contribution in [2.45, 2.75) is 13.0 Å². The van der Waals surface area contributed by atoms with Gasteiger partial charge in [0.2, 0.25) is 0 Å². The molecule has 1 aliphatic rings. The lowest BCUT2D eigenvalue weighted by Crippen LogP contribution is -2.31. The number of rotatable bonds is 3. The van der Waals surface area contributed by atoms with Crippen molar-refractivity contribution in [1.82, 2.24) is 4.90 Å². The number of fused-ring (bicyclic) bond motifs is 1. The van der Waals surface area contributed by atoms with Gasteiger partial charge in [-0.05, 0) is 34.9 Å². The first kappa shape index (κ1) is 11.2. The smallest absolute Gasteiger partial charge is 0.153 e. The van der Waals surface area contributed by atoms with Crippen molar-refractivity contribution in [2.75, 3.05) is 12.4 Å². The molecule has 0 unspecified atom stereocenters. The SMILES string of the molecule is O=Nc1ccc2c(c1)CCN(C[SH](=O)=O)C2. The van der Waals surface area contributed by atoms with Crippen molar-refractivity contribution in [3.05, 3.63) is 34.2 Å².